The predicted molar refractivity (Wildman–Crippen MR) is 110 cm³/mol. The molecular weight excluding hydrogens is 348 g/mol. The van der Waals surface area contributed by atoms with Gasteiger partial charge in [-0.25, -0.2) is 5.01 Å². The molecule has 1 amide bonds. The number of hydrogen-bond donors (Lipinski definition) is 1. The van der Waals surface area contributed by atoms with E-state index in [4.69, 9.17) is 0 Å². The largest absolute Gasteiger partial charge is 0.296 e. The molecular formula is C23H22N4O. The molecule has 1 aliphatic heterocycles. The van der Waals surface area contributed by atoms with Gasteiger partial charge in [0.15, 0.2) is 0 Å². The Morgan fingerprint density at radius 2 is 1.68 bits per heavy atom. The summed E-state index contributed by atoms with van der Waals surface area (Å²) >= 11 is 0. The molecule has 4 rings (SSSR count). The summed E-state index contributed by atoms with van der Waals surface area (Å²) in [6.07, 6.45) is 2.55. The lowest BCUT2D eigenvalue weighted by atomic mass is 10.0. The number of benzene rings is 2. The van der Waals surface area contributed by atoms with E-state index in [0.717, 1.165) is 29.0 Å². The first-order valence-electron chi connectivity index (χ1n) is 9.44. The van der Waals surface area contributed by atoms with E-state index >= 15 is 0 Å². The Balaban J connectivity index is 1.46. The van der Waals surface area contributed by atoms with Gasteiger partial charge in [-0.3, -0.25) is 15.1 Å². The van der Waals surface area contributed by atoms with Crippen LogP contribution in [0.3, 0.4) is 0 Å². The molecule has 0 spiro atoms. The molecule has 1 N–H and O–H groups in total. The van der Waals surface area contributed by atoms with Crippen molar-refractivity contribution in [3.63, 3.8) is 0 Å². The first-order chi connectivity index (χ1) is 13.8. The van der Waals surface area contributed by atoms with E-state index in [1.807, 2.05) is 78.9 Å². The van der Waals surface area contributed by atoms with E-state index in [1.165, 1.54) is 0 Å². The first-order valence-corrected chi connectivity index (χ1v) is 9.44. The van der Waals surface area contributed by atoms with Gasteiger partial charge >= 0.3 is 0 Å². The molecule has 3 aromatic rings. The summed E-state index contributed by atoms with van der Waals surface area (Å²) in [5.74, 6) is -0.0391. The lowest BCUT2D eigenvalue weighted by Gasteiger charge is -2.20. The summed E-state index contributed by atoms with van der Waals surface area (Å²) in [6, 6.07) is 25.7. The van der Waals surface area contributed by atoms with E-state index in [1.54, 1.807) is 11.2 Å². The molecule has 0 fully saturated rings. The van der Waals surface area contributed by atoms with Crippen LogP contribution in [0, 0.1) is 0 Å². The van der Waals surface area contributed by atoms with Crippen molar-refractivity contribution in [2.75, 3.05) is 13.1 Å². The Kier molecular flexibility index (Phi) is 5.54. The number of nitrogens with zero attached hydrogens (tertiary/aromatic N) is 3. The van der Waals surface area contributed by atoms with Crippen LogP contribution in [0.4, 0.5) is 0 Å². The summed E-state index contributed by atoms with van der Waals surface area (Å²) in [5.41, 5.74) is 3.99. The molecule has 0 bridgehead atoms. The van der Waals surface area contributed by atoms with Crippen molar-refractivity contribution >= 4 is 11.6 Å². The topological polar surface area (TPSA) is 57.6 Å². The molecule has 1 atom stereocenters. The summed E-state index contributed by atoms with van der Waals surface area (Å²) in [4.78, 5) is 17.2. The highest BCUT2D eigenvalue weighted by Gasteiger charge is 2.23. The lowest BCUT2D eigenvalue weighted by molar-refractivity contribution is -0.129. The number of rotatable bonds is 6. The highest BCUT2D eigenvalue weighted by molar-refractivity contribution is 6.02. The Hall–Kier alpha value is -3.31. The van der Waals surface area contributed by atoms with Crippen LogP contribution in [-0.2, 0) is 4.79 Å². The van der Waals surface area contributed by atoms with Crippen LogP contribution in [-0.4, -0.2) is 34.7 Å². The van der Waals surface area contributed by atoms with Gasteiger partial charge in [0.2, 0.25) is 0 Å². The number of hydrogen-bond acceptors (Lipinski definition) is 4. The fraction of sp³-hybridized carbons (Fsp3) is 0.174. The maximum absolute atomic E-state index is 12.7. The molecule has 5 nitrogen and oxygen atoms in total. The summed E-state index contributed by atoms with van der Waals surface area (Å²) in [6.45, 7) is 0.812. The van der Waals surface area contributed by atoms with Crippen LogP contribution in [0.2, 0.25) is 0 Å². The molecule has 140 valence electrons. The standard InChI is InChI=1S/C23H22N4O/c28-22(27-16-14-20(26-27)18-9-3-1-4-10-18)17-25-23(19-11-5-2-6-12-19)21-13-7-8-15-24-21/h1-13,15,23,25H,14,16-17H2. The van der Waals surface area contributed by atoms with Crippen LogP contribution in [0.1, 0.15) is 29.3 Å². The molecule has 0 aliphatic carbocycles. The normalized spacial score (nSPS) is 14.6. The third kappa shape index (κ3) is 4.15. The van der Waals surface area contributed by atoms with Crippen LogP contribution >= 0.6 is 0 Å². The van der Waals surface area contributed by atoms with Gasteiger partial charge in [0.1, 0.15) is 0 Å². The average molecular weight is 370 g/mol. The average Bonchev–Trinajstić information content (AvgIpc) is 3.26. The molecule has 0 radical (unpaired) electrons. The van der Waals surface area contributed by atoms with Crippen molar-refractivity contribution in [2.45, 2.75) is 12.5 Å². The maximum atomic E-state index is 12.7. The molecule has 28 heavy (non-hydrogen) atoms. The van der Waals surface area contributed by atoms with Crippen LogP contribution in [0.15, 0.2) is 90.2 Å². The molecule has 1 aromatic heterocycles. The minimum Gasteiger partial charge on any atom is -0.296 e. The predicted octanol–water partition coefficient (Wildman–Crippen LogP) is 3.40. The molecule has 0 saturated heterocycles. The lowest BCUT2D eigenvalue weighted by Crippen LogP contribution is -2.36. The third-order valence-corrected chi connectivity index (χ3v) is 4.77. The van der Waals surface area contributed by atoms with Gasteiger partial charge in [0, 0.05) is 12.6 Å². The van der Waals surface area contributed by atoms with E-state index in [-0.39, 0.29) is 18.5 Å². The van der Waals surface area contributed by atoms with Gasteiger partial charge in [-0.15, -0.1) is 0 Å². The van der Waals surface area contributed by atoms with Crippen molar-refractivity contribution in [3.05, 3.63) is 102 Å². The number of hydrazone groups is 1. The van der Waals surface area contributed by atoms with Gasteiger partial charge in [-0.1, -0.05) is 66.7 Å². The molecule has 2 heterocycles. The van der Waals surface area contributed by atoms with E-state index in [0.29, 0.717) is 6.54 Å². The zero-order chi connectivity index (χ0) is 19.2. The SMILES string of the molecule is O=C(CNC(c1ccccc1)c1ccccn1)N1CCC(c2ccccc2)=N1. The van der Waals surface area contributed by atoms with Crippen molar-refractivity contribution in [2.24, 2.45) is 5.10 Å². The molecule has 2 aromatic carbocycles. The molecule has 1 unspecified atom stereocenters. The third-order valence-electron chi connectivity index (χ3n) is 4.77. The second kappa shape index (κ2) is 8.59. The van der Waals surface area contributed by atoms with Gasteiger partial charge in [0.05, 0.1) is 30.5 Å². The van der Waals surface area contributed by atoms with Crippen LogP contribution in [0.5, 0.6) is 0 Å². The van der Waals surface area contributed by atoms with Crippen molar-refractivity contribution in [3.8, 4) is 0 Å². The fourth-order valence-electron chi connectivity index (χ4n) is 3.34. The van der Waals surface area contributed by atoms with Gasteiger partial charge < -0.3 is 0 Å². The summed E-state index contributed by atoms with van der Waals surface area (Å²) < 4.78 is 0. The van der Waals surface area contributed by atoms with E-state index < -0.39 is 0 Å². The first kappa shape index (κ1) is 18.1. The molecule has 0 saturated carbocycles. The monoisotopic (exact) mass is 370 g/mol. The zero-order valence-electron chi connectivity index (χ0n) is 15.5. The van der Waals surface area contributed by atoms with Crippen LogP contribution in [0.25, 0.3) is 0 Å². The Labute approximate surface area is 164 Å². The van der Waals surface area contributed by atoms with Crippen molar-refractivity contribution in [1.82, 2.24) is 15.3 Å². The molecule has 5 heteroatoms. The highest BCUT2D eigenvalue weighted by atomic mass is 16.2. The Morgan fingerprint density at radius 1 is 0.964 bits per heavy atom. The number of amides is 1. The number of carbonyl (C=O) groups excluding carboxylic acids is 1. The summed E-state index contributed by atoms with van der Waals surface area (Å²) in [7, 11) is 0. The van der Waals surface area contributed by atoms with E-state index in [9.17, 15) is 4.79 Å². The second-order valence-corrected chi connectivity index (χ2v) is 6.66. The van der Waals surface area contributed by atoms with Gasteiger partial charge in [-0.2, -0.15) is 5.10 Å². The Morgan fingerprint density at radius 3 is 2.39 bits per heavy atom. The Bertz CT molecular complexity index is 903. The van der Waals surface area contributed by atoms with Gasteiger partial charge in [0.25, 0.3) is 5.91 Å². The van der Waals surface area contributed by atoms with Gasteiger partial charge in [-0.05, 0) is 23.3 Å². The smallest absolute Gasteiger partial charge is 0.256 e. The van der Waals surface area contributed by atoms with E-state index in [2.05, 4.69) is 15.4 Å². The number of aromatic nitrogens is 1. The fourth-order valence-corrected chi connectivity index (χ4v) is 3.34. The minimum atomic E-state index is -0.147. The number of nitrogens with one attached hydrogen (secondary N) is 1. The maximum Gasteiger partial charge on any atom is 0.256 e. The van der Waals surface area contributed by atoms with Crippen molar-refractivity contribution in [1.29, 1.82) is 0 Å². The minimum absolute atomic E-state index is 0.0391. The summed E-state index contributed by atoms with van der Waals surface area (Å²) in [5, 5.41) is 9.45. The second-order valence-electron chi connectivity index (χ2n) is 6.66. The van der Waals surface area contributed by atoms with Crippen LogP contribution < -0.4 is 5.32 Å². The van der Waals surface area contributed by atoms with Crippen molar-refractivity contribution < 1.29 is 4.79 Å². The molecule has 1 aliphatic rings. The zero-order valence-corrected chi connectivity index (χ0v) is 15.5. The quantitative estimate of drug-likeness (QED) is 0.724. The number of pyridine rings is 1. The highest BCUT2D eigenvalue weighted by Crippen LogP contribution is 2.20. The number of carbonyl (C=O) groups is 1.